The van der Waals surface area contributed by atoms with E-state index in [-0.39, 0.29) is 16.4 Å². The van der Waals surface area contributed by atoms with Gasteiger partial charge in [-0.3, -0.25) is 4.79 Å². The number of Topliss-reactive ketones (excluding diaryl/α,β-unsaturated/α-hetero) is 1. The van der Waals surface area contributed by atoms with Crippen LogP contribution >= 0.6 is 11.8 Å². The van der Waals surface area contributed by atoms with Crippen molar-refractivity contribution in [3.63, 3.8) is 0 Å². The topological polar surface area (TPSA) is 69.7 Å². The van der Waals surface area contributed by atoms with E-state index in [0.29, 0.717) is 30.6 Å². The van der Waals surface area contributed by atoms with Crippen LogP contribution < -0.4 is 8.92 Å². The van der Waals surface area contributed by atoms with Crippen LogP contribution in [0.25, 0.3) is 0 Å². The average Bonchev–Trinajstić information content (AvgIpc) is 3.06. The van der Waals surface area contributed by atoms with Gasteiger partial charge in [-0.05, 0) is 57.0 Å². The van der Waals surface area contributed by atoms with Crippen LogP contribution in [0, 0.1) is 6.92 Å². The van der Waals surface area contributed by atoms with Crippen molar-refractivity contribution >= 4 is 27.7 Å². The molecule has 1 fully saturated rings. The summed E-state index contributed by atoms with van der Waals surface area (Å²) in [5, 5.41) is 0. The number of ketones is 1. The minimum absolute atomic E-state index is 0.0665. The van der Waals surface area contributed by atoms with Crippen molar-refractivity contribution in [1.82, 2.24) is 0 Å². The summed E-state index contributed by atoms with van der Waals surface area (Å²) in [4.78, 5) is 13.5. The molecule has 2 unspecified atom stereocenters. The molecule has 1 heterocycles. The molecule has 1 aliphatic heterocycles. The SMILES string of the molecule is Cc1ccc(S(=O)(=O)Oc2cccc3c2OC2(Sc4ccccc4)CCCC(=O)C32C)cc1. The van der Waals surface area contributed by atoms with Gasteiger partial charge in [-0.15, -0.1) is 0 Å². The number of fused-ring (bicyclic) bond motifs is 3. The van der Waals surface area contributed by atoms with Gasteiger partial charge in [0.1, 0.15) is 16.1 Å². The van der Waals surface area contributed by atoms with Crippen LogP contribution in [0.3, 0.4) is 0 Å². The molecule has 2 atom stereocenters. The lowest BCUT2D eigenvalue weighted by molar-refractivity contribution is -0.130. The molecule has 2 aliphatic rings. The molecule has 0 saturated heterocycles. The number of ether oxygens (including phenoxy) is 1. The van der Waals surface area contributed by atoms with E-state index in [1.807, 2.05) is 50.2 Å². The molecular weight excluding hydrogens is 456 g/mol. The third-order valence-corrected chi connectivity index (χ3v) is 9.33. The fraction of sp³-hybridized carbons (Fsp3) is 0.269. The number of para-hydroxylation sites is 1. The Bertz CT molecular complexity index is 1320. The maximum Gasteiger partial charge on any atom is 0.339 e. The number of rotatable bonds is 5. The van der Waals surface area contributed by atoms with Crippen LogP contribution in [0.4, 0.5) is 0 Å². The van der Waals surface area contributed by atoms with Gasteiger partial charge in [-0.1, -0.05) is 59.8 Å². The van der Waals surface area contributed by atoms with Crippen molar-refractivity contribution < 1.29 is 22.1 Å². The second kappa shape index (κ2) is 7.92. The highest BCUT2D eigenvalue weighted by molar-refractivity contribution is 8.00. The van der Waals surface area contributed by atoms with E-state index in [9.17, 15) is 13.2 Å². The van der Waals surface area contributed by atoms with E-state index in [2.05, 4.69) is 0 Å². The van der Waals surface area contributed by atoms with Gasteiger partial charge in [0.05, 0.1) is 0 Å². The molecule has 1 saturated carbocycles. The van der Waals surface area contributed by atoms with E-state index in [1.165, 1.54) is 23.9 Å². The summed E-state index contributed by atoms with van der Waals surface area (Å²) in [6.07, 6.45) is 1.83. The largest absolute Gasteiger partial charge is 0.471 e. The Morgan fingerprint density at radius 1 is 0.970 bits per heavy atom. The lowest BCUT2D eigenvalue weighted by Gasteiger charge is -2.44. The van der Waals surface area contributed by atoms with E-state index >= 15 is 0 Å². The van der Waals surface area contributed by atoms with Crippen molar-refractivity contribution in [2.24, 2.45) is 0 Å². The highest BCUT2D eigenvalue weighted by Crippen LogP contribution is 2.62. The van der Waals surface area contributed by atoms with Crippen LogP contribution in [0.5, 0.6) is 11.5 Å². The van der Waals surface area contributed by atoms with Gasteiger partial charge in [-0.25, -0.2) is 0 Å². The summed E-state index contributed by atoms with van der Waals surface area (Å²) in [6.45, 7) is 3.80. The van der Waals surface area contributed by atoms with Crippen molar-refractivity contribution in [2.75, 3.05) is 0 Å². The Kier molecular flexibility index (Phi) is 5.29. The Hall–Kier alpha value is -2.77. The minimum Gasteiger partial charge on any atom is -0.471 e. The highest BCUT2D eigenvalue weighted by atomic mass is 32.2. The van der Waals surface area contributed by atoms with Crippen LogP contribution in [0.2, 0.25) is 0 Å². The zero-order valence-electron chi connectivity index (χ0n) is 18.4. The number of hydrogen-bond donors (Lipinski definition) is 0. The van der Waals surface area contributed by atoms with Gasteiger partial charge in [0.25, 0.3) is 0 Å². The zero-order chi connectivity index (χ0) is 23.3. The van der Waals surface area contributed by atoms with Gasteiger partial charge in [-0.2, -0.15) is 8.42 Å². The Morgan fingerprint density at radius 2 is 1.70 bits per heavy atom. The van der Waals surface area contributed by atoms with E-state index < -0.39 is 20.5 Å². The number of hydrogen-bond acceptors (Lipinski definition) is 6. The summed E-state index contributed by atoms with van der Waals surface area (Å²) >= 11 is 1.52. The first-order valence-corrected chi connectivity index (χ1v) is 13.1. The lowest BCUT2D eigenvalue weighted by Crippen LogP contribution is -2.54. The van der Waals surface area contributed by atoms with E-state index in [0.717, 1.165) is 10.5 Å². The summed E-state index contributed by atoms with van der Waals surface area (Å²) in [6, 6.07) is 21.5. The standard InChI is InChI=1S/C26H24O5S2/c1-18-13-15-20(16-14-18)33(28,29)31-22-11-6-10-21-24(22)30-26(32-19-8-4-3-5-9-19)17-7-12-23(27)25(21,26)2/h3-6,8-11,13-16H,7,12,17H2,1-2H3. The number of benzene rings is 3. The fourth-order valence-corrected chi connectivity index (χ4v) is 7.08. The molecule has 3 aromatic carbocycles. The lowest BCUT2D eigenvalue weighted by atomic mass is 9.68. The zero-order valence-corrected chi connectivity index (χ0v) is 20.0. The second-order valence-corrected chi connectivity index (χ2v) is 11.5. The quantitative estimate of drug-likeness (QED) is 0.439. The molecule has 5 nitrogen and oxygen atoms in total. The molecular formula is C26H24O5S2. The normalized spacial score (nSPS) is 24.0. The number of thioether (sulfide) groups is 1. The molecule has 33 heavy (non-hydrogen) atoms. The van der Waals surface area contributed by atoms with E-state index in [4.69, 9.17) is 8.92 Å². The van der Waals surface area contributed by atoms with Crippen molar-refractivity contribution in [2.45, 2.75) is 53.2 Å². The minimum atomic E-state index is -4.07. The van der Waals surface area contributed by atoms with Gasteiger partial charge in [0, 0.05) is 16.9 Å². The van der Waals surface area contributed by atoms with Crippen molar-refractivity contribution in [3.8, 4) is 11.5 Å². The van der Waals surface area contributed by atoms with Crippen molar-refractivity contribution in [3.05, 3.63) is 83.9 Å². The Morgan fingerprint density at radius 3 is 2.42 bits per heavy atom. The maximum atomic E-state index is 13.4. The molecule has 0 bridgehead atoms. The van der Waals surface area contributed by atoms with Crippen LogP contribution in [-0.2, 0) is 20.3 Å². The number of carbonyl (C=O) groups is 1. The first kappa shape index (κ1) is 22.0. The molecule has 0 aromatic heterocycles. The molecule has 0 N–H and O–H groups in total. The Balaban J connectivity index is 1.58. The number of aryl methyl sites for hydroxylation is 1. The molecule has 170 valence electrons. The Labute approximate surface area is 198 Å². The molecule has 0 amide bonds. The predicted octanol–water partition coefficient (Wildman–Crippen LogP) is 5.65. The molecule has 1 aliphatic carbocycles. The summed E-state index contributed by atoms with van der Waals surface area (Å²) in [7, 11) is -4.07. The van der Waals surface area contributed by atoms with Crippen molar-refractivity contribution in [1.29, 1.82) is 0 Å². The number of carbonyl (C=O) groups excluding carboxylic acids is 1. The monoisotopic (exact) mass is 480 g/mol. The van der Waals surface area contributed by atoms with Crippen LogP contribution in [0.1, 0.15) is 37.3 Å². The predicted molar refractivity (Wildman–Crippen MR) is 127 cm³/mol. The van der Waals surface area contributed by atoms with Gasteiger partial charge >= 0.3 is 10.1 Å². The average molecular weight is 481 g/mol. The molecule has 0 radical (unpaired) electrons. The van der Waals surface area contributed by atoms with Gasteiger partial charge in [0.2, 0.25) is 0 Å². The van der Waals surface area contributed by atoms with Crippen LogP contribution in [-0.4, -0.2) is 19.1 Å². The third-order valence-electron chi connectivity index (χ3n) is 6.55. The summed E-state index contributed by atoms with van der Waals surface area (Å²) in [5.41, 5.74) is 0.703. The van der Waals surface area contributed by atoms with Gasteiger partial charge in [0.15, 0.2) is 16.4 Å². The fourth-order valence-electron chi connectivity index (χ4n) is 4.67. The third kappa shape index (κ3) is 3.54. The van der Waals surface area contributed by atoms with Gasteiger partial charge < -0.3 is 8.92 Å². The summed E-state index contributed by atoms with van der Waals surface area (Å²) < 4.78 is 38.1. The first-order valence-electron chi connectivity index (χ1n) is 10.9. The maximum absolute atomic E-state index is 13.4. The molecule has 0 spiro atoms. The molecule has 7 heteroatoms. The molecule has 5 rings (SSSR count). The molecule has 3 aromatic rings. The highest BCUT2D eigenvalue weighted by Gasteiger charge is 2.64. The van der Waals surface area contributed by atoms with E-state index in [1.54, 1.807) is 24.3 Å². The summed E-state index contributed by atoms with van der Waals surface area (Å²) in [5.74, 6) is 0.522. The first-order chi connectivity index (χ1) is 15.8. The van der Waals surface area contributed by atoms with Crippen LogP contribution in [0.15, 0.2) is 82.6 Å². The second-order valence-electron chi connectivity index (χ2n) is 8.66. The smallest absolute Gasteiger partial charge is 0.339 e.